The molecule has 2 aliphatic rings. The number of nitrogens with zero attached hydrogens (tertiary/aromatic N) is 3. The van der Waals surface area contributed by atoms with Gasteiger partial charge in [0.25, 0.3) is 11.8 Å². The fraction of sp³-hybridized carbons (Fsp3) is 0.304. The van der Waals surface area contributed by atoms with E-state index in [-0.39, 0.29) is 42.8 Å². The zero-order valence-corrected chi connectivity index (χ0v) is 17.7. The van der Waals surface area contributed by atoms with Gasteiger partial charge in [-0.3, -0.25) is 19.3 Å². The van der Waals surface area contributed by atoms with Gasteiger partial charge in [-0.25, -0.2) is 5.01 Å². The zero-order valence-electron chi connectivity index (χ0n) is 17.7. The molecule has 1 unspecified atom stereocenters. The van der Waals surface area contributed by atoms with Crippen LogP contribution in [0.25, 0.3) is 0 Å². The molecule has 2 aromatic rings. The largest absolute Gasteiger partial charge is 0.477 e. The van der Waals surface area contributed by atoms with E-state index in [9.17, 15) is 14.4 Å². The molecule has 8 heteroatoms. The third-order valence-electron chi connectivity index (χ3n) is 5.43. The summed E-state index contributed by atoms with van der Waals surface area (Å²) in [4.78, 5) is 39.8. The van der Waals surface area contributed by atoms with Gasteiger partial charge in [0, 0.05) is 19.9 Å². The number of rotatable bonds is 3. The van der Waals surface area contributed by atoms with Crippen molar-refractivity contribution in [2.24, 2.45) is 5.10 Å². The second-order valence-corrected chi connectivity index (χ2v) is 7.65. The van der Waals surface area contributed by atoms with E-state index in [2.05, 4.69) is 10.4 Å². The number of carbonyl (C=O) groups is 3. The Hall–Kier alpha value is -3.68. The van der Waals surface area contributed by atoms with Gasteiger partial charge >= 0.3 is 0 Å². The number of hydrazone groups is 1. The van der Waals surface area contributed by atoms with Crippen molar-refractivity contribution in [3.05, 3.63) is 53.6 Å². The van der Waals surface area contributed by atoms with Crippen molar-refractivity contribution in [3.8, 4) is 5.75 Å². The molecule has 31 heavy (non-hydrogen) atoms. The summed E-state index contributed by atoms with van der Waals surface area (Å²) in [5.74, 6) is -0.358. The maximum Gasteiger partial charge on any atom is 0.274 e. The molecule has 0 radical (unpaired) electrons. The fourth-order valence-electron chi connectivity index (χ4n) is 3.72. The van der Waals surface area contributed by atoms with E-state index in [0.717, 1.165) is 11.1 Å². The van der Waals surface area contributed by atoms with E-state index >= 15 is 0 Å². The molecule has 0 saturated carbocycles. The monoisotopic (exact) mass is 420 g/mol. The minimum Gasteiger partial charge on any atom is -0.477 e. The highest BCUT2D eigenvalue weighted by atomic mass is 16.5. The average Bonchev–Trinajstić information content (AvgIpc) is 2.79. The van der Waals surface area contributed by atoms with Crippen molar-refractivity contribution in [1.82, 2.24) is 5.32 Å². The first-order valence-electron chi connectivity index (χ1n) is 10.2. The Morgan fingerprint density at radius 2 is 1.87 bits per heavy atom. The van der Waals surface area contributed by atoms with E-state index in [1.165, 1.54) is 17.0 Å². The normalized spacial score (nSPS) is 18.1. The lowest BCUT2D eigenvalue weighted by Gasteiger charge is -2.35. The summed E-state index contributed by atoms with van der Waals surface area (Å²) in [5, 5.41) is 8.33. The quantitative estimate of drug-likeness (QED) is 0.825. The molecule has 1 atom stereocenters. The van der Waals surface area contributed by atoms with Crippen LogP contribution in [-0.4, -0.2) is 43.1 Å². The Bertz CT molecular complexity index is 1090. The lowest BCUT2D eigenvalue weighted by atomic mass is 10.1. The van der Waals surface area contributed by atoms with E-state index in [4.69, 9.17) is 4.74 Å². The molecule has 0 saturated heterocycles. The predicted molar refractivity (Wildman–Crippen MR) is 117 cm³/mol. The second kappa shape index (κ2) is 8.22. The van der Waals surface area contributed by atoms with Gasteiger partial charge in [0.15, 0.2) is 6.10 Å². The summed E-state index contributed by atoms with van der Waals surface area (Å²) in [6.07, 6.45) is -0.406. The molecular formula is C23H24N4O4. The van der Waals surface area contributed by atoms with Crippen LogP contribution in [0, 0.1) is 13.8 Å². The molecule has 3 amide bonds. The summed E-state index contributed by atoms with van der Waals surface area (Å²) >= 11 is 0. The lowest BCUT2D eigenvalue weighted by molar-refractivity contribution is -0.127. The summed E-state index contributed by atoms with van der Waals surface area (Å²) < 4.78 is 5.78. The highest BCUT2D eigenvalue weighted by Gasteiger charge is 2.36. The maximum absolute atomic E-state index is 13.5. The van der Waals surface area contributed by atoms with Gasteiger partial charge < -0.3 is 10.1 Å². The third-order valence-corrected chi connectivity index (χ3v) is 5.43. The van der Waals surface area contributed by atoms with E-state index in [0.29, 0.717) is 17.1 Å². The Labute approximate surface area is 180 Å². The number of fused-ring (bicyclic) bond motifs is 1. The average molecular weight is 420 g/mol. The van der Waals surface area contributed by atoms with E-state index in [1.807, 2.05) is 32.0 Å². The van der Waals surface area contributed by atoms with E-state index < -0.39 is 6.10 Å². The van der Waals surface area contributed by atoms with Crippen LogP contribution in [0.4, 0.5) is 11.4 Å². The Kier molecular flexibility index (Phi) is 5.46. The molecule has 0 fully saturated rings. The Morgan fingerprint density at radius 1 is 1.10 bits per heavy atom. The second-order valence-electron chi connectivity index (χ2n) is 7.65. The fourth-order valence-corrected chi connectivity index (χ4v) is 3.72. The molecule has 1 N–H and O–H groups in total. The van der Waals surface area contributed by atoms with Crippen LogP contribution in [0.2, 0.25) is 0 Å². The first-order valence-corrected chi connectivity index (χ1v) is 10.2. The van der Waals surface area contributed by atoms with Crippen LogP contribution in [0.1, 0.15) is 24.0 Å². The molecule has 2 aliphatic heterocycles. The number of amides is 3. The molecule has 2 heterocycles. The maximum atomic E-state index is 13.5. The van der Waals surface area contributed by atoms with Gasteiger partial charge in [-0.2, -0.15) is 5.10 Å². The third kappa shape index (κ3) is 3.88. The molecule has 160 valence electrons. The summed E-state index contributed by atoms with van der Waals surface area (Å²) in [7, 11) is 1.53. The van der Waals surface area contributed by atoms with Crippen LogP contribution >= 0.6 is 0 Å². The van der Waals surface area contributed by atoms with Crippen LogP contribution in [0.3, 0.4) is 0 Å². The van der Waals surface area contributed by atoms with Crippen LogP contribution in [0.5, 0.6) is 5.75 Å². The van der Waals surface area contributed by atoms with Gasteiger partial charge in [-0.05, 0) is 43.2 Å². The number of hydrogen-bond acceptors (Lipinski definition) is 5. The van der Waals surface area contributed by atoms with Crippen molar-refractivity contribution >= 4 is 34.8 Å². The molecule has 0 spiro atoms. The topological polar surface area (TPSA) is 91.3 Å². The van der Waals surface area contributed by atoms with Crippen molar-refractivity contribution in [3.63, 3.8) is 0 Å². The molecule has 2 aromatic carbocycles. The highest BCUT2D eigenvalue weighted by Crippen LogP contribution is 2.34. The van der Waals surface area contributed by atoms with Crippen LogP contribution in [-0.2, 0) is 14.4 Å². The number of para-hydroxylation sites is 2. The smallest absolute Gasteiger partial charge is 0.274 e. The minimum absolute atomic E-state index is 0.0615. The minimum atomic E-state index is -0.829. The van der Waals surface area contributed by atoms with Crippen molar-refractivity contribution in [2.75, 3.05) is 23.5 Å². The van der Waals surface area contributed by atoms with Gasteiger partial charge in [0.2, 0.25) is 5.91 Å². The first-order chi connectivity index (χ1) is 14.9. The van der Waals surface area contributed by atoms with Crippen LogP contribution < -0.4 is 20.0 Å². The number of benzene rings is 2. The number of aryl methyl sites for hydroxylation is 2. The SMILES string of the molecule is CNC(=O)C1CN(C(=O)C2=NN(c3cc(C)ccc3C)C(=O)CC2)c2ccccc2O1. The van der Waals surface area contributed by atoms with E-state index in [1.54, 1.807) is 24.3 Å². The van der Waals surface area contributed by atoms with Crippen molar-refractivity contribution in [1.29, 1.82) is 0 Å². The van der Waals surface area contributed by atoms with Gasteiger partial charge in [0.05, 0.1) is 17.9 Å². The number of anilines is 2. The highest BCUT2D eigenvalue weighted by molar-refractivity contribution is 6.45. The first kappa shape index (κ1) is 20.6. The van der Waals surface area contributed by atoms with Gasteiger partial charge in [-0.15, -0.1) is 0 Å². The number of likely N-dealkylation sites (N-methyl/N-ethyl adjacent to an activating group) is 1. The molecular weight excluding hydrogens is 396 g/mol. The molecule has 0 aliphatic carbocycles. The molecule has 0 bridgehead atoms. The summed E-state index contributed by atoms with van der Waals surface area (Å²) in [5.41, 5.74) is 3.41. The number of nitrogens with one attached hydrogen (secondary N) is 1. The van der Waals surface area contributed by atoms with Crippen molar-refractivity contribution in [2.45, 2.75) is 32.8 Å². The zero-order chi connectivity index (χ0) is 22.1. The summed E-state index contributed by atoms with van der Waals surface area (Å²) in [6.45, 7) is 3.91. The van der Waals surface area contributed by atoms with Crippen molar-refractivity contribution < 1.29 is 19.1 Å². The molecule has 4 rings (SSSR count). The Balaban J connectivity index is 1.70. The predicted octanol–water partition coefficient (Wildman–Crippen LogP) is 2.33. The summed E-state index contributed by atoms with van der Waals surface area (Å²) in [6, 6.07) is 12.9. The number of hydrogen-bond donors (Lipinski definition) is 1. The van der Waals surface area contributed by atoms with Gasteiger partial charge in [0.1, 0.15) is 11.5 Å². The lowest BCUT2D eigenvalue weighted by Crippen LogP contribution is -2.52. The number of carbonyl (C=O) groups excluding carboxylic acids is 3. The molecule has 8 nitrogen and oxygen atoms in total. The molecule has 0 aromatic heterocycles. The van der Waals surface area contributed by atoms with Crippen LogP contribution in [0.15, 0.2) is 47.6 Å². The van der Waals surface area contributed by atoms with Gasteiger partial charge in [-0.1, -0.05) is 24.3 Å². The standard InChI is InChI=1S/C23H24N4O4/c1-14-8-9-15(2)18(12-14)27-21(28)11-10-16(25-27)23(30)26-13-20(22(29)24-3)31-19-7-5-4-6-17(19)26/h4-9,12,20H,10-11,13H2,1-3H3,(H,24,29). The number of ether oxygens (including phenoxy) is 1. The Morgan fingerprint density at radius 3 is 2.65 bits per heavy atom.